The van der Waals surface area contributed by atoms with Crippen LogP contribution in [0.3, 0.4) is 0 Å². The molecule has 31 heavy (non-hydrogen) atoms. The predicted molar refractivity (Wildman–Crippen MR) is 125 cm³/mol. The molecule has 1 N–H and O–H groups in total. The predicted octanol–water partition coefficient (Wildman–Crippen LogP) is 4.21. The fourth-order valence-electron chi connectivity index (χ4n) is 5.72. The van der Waals surface area contributed by atoms with Crippen molar-refractivity contribution in [3.05, 3.63) is 29.8 Å². The maximum atomic E-state index is 12.7. The number of ether oxygens (including phenoxy) is 1. The molecular weight excluding hydrogens is 386 g/mol. The monoisotopic (exact) mass is 427 g/mol. The second-order valence-corrected chi connectivity index (χ2v) is 9.78. The van der Waals surface area contributed by atoms with Gasteiger partial charge in [0, 0.05) is 44.2 Å². The lowest BCUT2D eigenvalue weighted by Gasteiger charge is -2.44. The van der Waals surface area contributed by atoms with Gasteiger partial charge in [-0.15, -0.1) is 0 Å². The van der Waals surface area contributed by atoms with E-state index >= 15 is 0 Å². The average Bonchev–Trinajstić information content (AvgIpc) is 2.98. The zero-order valence-corrected chi connectivity index (χ0v) is 19.4. The van der Waals surface area contributed by atoms with E-state index in [1.807, 2.05) is 0 Å². The highest BCUT2D eigenvalue weighted by Gasteiger charge is 2.33. The van der Waals surface area contributed by atoms with Crippen LogP contribution in [-0.2, 0) is 11.3 Å². The van der Waals surface area contributed by atoms with Crippen LogP contribution in [0.25, 0.3) is 0 Å². The molecule has 1 unspecified atom stereocenters. The number of rotatable bonds is 8. The molecule has 2 fully saturated rings. The van der Waals surface area contributed by atoms with Crippen LogP contribution in [0.2, 0.25) is 0 Å². The van der Waals surface area contributed by atoms with Crippen molar-refractivity contribution in [2.24, 2.45) is 5.92 Å². The number of carbonyl (C=O) groups is 1. The van der Waals surface area contributed by atoms with Crippen molar-refractivity contribution < 1.29 is 9.53 Å². The van der Waals surface area contributed by atoms with Crippen molar-refractivity contribution in [3.63, 3.8) is 0 Å². The van der Waals surface area contributed by atoms with Crippen LogP contribution in [0, 0.1) is 5.92 Å². The van der Waals surface area contributed by atoms with E-state index in [9.17, 15) is 4.79 Å². The van der Waals surface area contributed by atoms with Crippen molar-refractivity contribution >= 4 is 5.91 Å². The molecule has 0 radical (unpaired) electrons. The lowest BCUT2D eigenvalue weighted by Crippen LogP contribution is -2.51. The summed E-state index contributed by atoms with van der Waals surface area (Å²) in [6.07, 6.45) is 10.8. The summed E-state index contributed by atoms with van der Waals surface area (Å²) in [5.74, 6) is 1.86. The number of nitrogens with zero attached hydrogens (tertiary/aromatic N) is 2. The molecule has 5 nitrogen and oxygen atoms in total. The average molecular weight is 428 g/mol. The van der Waals surface area contributed by atoms with Crippen molar-refractivity contribution in [1.82, 2.24) is 15.1 Å². The van der Waals surface area contributed by atoms with Crippen LogP contribution in [0.4, 0.5) is 0 Å². The third-order valence-electron chi connectivity index (χ3n) is 7.45. The summed E-state index contributed by atoms with van der Waals surface area (Å²) in [5.41, 5.74) is 1.24. The van der Waals surface area contributed by atoms with E-state index in [0.717, 1.165) is 38.3 Å². The van der Waals surface area contributed by atoms with Crippen LogP contribution < -0.4 is 10.1 Å². The minimum Gasteiger partial charge on any atom is -0.489 e. The van der Waals surface area contributed by atoms with Gasteiger partial charge in [-0.1, -0.05) is 38.0 Å². The fraction of sp³-hybridized carbons (Fsp3) is 0.731. The van der Waals surface area contributed by atoms with E-state index in [0.29, 0.717) is 18.4 Å². The molecule has 0 bridgehead atoms. The minimum atomic E-state index is 0.205. The van der Waals surface area contributed by atoms with Gasteiger partial charge in [-0.3, -0.25) is 9.69 Å². The Morgan fingerprint density at radius 3 is 2.94 bits per heavy atom. The maximum absolute atomic E-state index is 12.7. The molecule has 3 aliphatic heterocycles. The molecule has 2 saturated heterocycles. The van der Waals surface area contributed by atoms with Crippen molar-refractivity contribution in [1.29, 1.82) is 0 Å². The van der Waals surface area contributed by atoms with Crippen molar-refractivity contribution in [3.8, 4) is 5.75 Å². The van der Waals surface area contributed by atoms with E-state index in [4.69, 9.17) is 4.74 Å². The van der Waals surface area contributed by atoms with Gasteiger partial charge in [0.2, 0.25) is 5.91 Å². The zero-order chi connectivity index (χ0) is 21.5. The van der Waals surface area contributed by atoms with Crippen molar-refractivity contribution in [2.75, 3.05) is 32.7 Å². The topological polar surface area (TPSA) is 44.8 Å². The summed E-state index contributed by atoms with van der Waals surface area (Å²) in [6, 6.07) is 9.07. The number of hydrogen-bond donors (Lipinski definition) is 1. The largest absolute Gasteiger partial charge is 0.489 e. The Morgan fingerprint density at radius 1 is 1.16 bits per heavy atom. The van der Waals surface area contributed by atoms with E-state index in [2.05, 4.69) is 46.3 Å². The normalized spacial score (nSPS) is 26.9. The molecular formula is C26H41N3O2. The van der Waals surface area contributed by atoms with Gasteiger partial charge in [0.05, 0.1) is 0 Å². The first kappa shape index (κ1) is 22.6. The first-order valence-electron chi connectivity index (χ1n) is 12.7. The number of fused-ring (bicyclic) bond motifs is 2. The number of nitrogens with one attached hydrogen (secondary N) is 1. The van der Waals surface area contributed by atoms with Gasteiger partial charge in [-0.2, -0.15) is 0 Å². The van der Waals surface area contributed by atoms with Gasteiger partial charge in [-0.05, 0) is 63.6 Å². The number of carbonyl (C=O) groups excluding carboxylic acids is 1. The Kier molecular flexibility index (Phi) is 8.26. The van der Waals surface area contributed by atoms with Gasteiger partial charge in [0.25, 0.3) is 0 Å². The van der Waals surface area contributed by atoms with Gasteiger partial charge in [-0.25, -0.2) is 0 Å². The summed E-state index contributed by atoms with van der Waals surface area (Å²) in [4.78, 5) is 17.8. The third kappa shape index (κ3) is 6.23. The Hall–Kier alpha value is -1.59. The summed E-state index contributed by atoms with van der Waals surface area (Å²) < 4.78 is 6.33. The number of piperidine rings is 2. The quantitative estimate of drug-likeness (QED) is 0.675. The molecule has 4 rings (SSSR count). The molecule has 0 saturated carbocycles. The molecule has 1 aromatic carbocycles. The van der Waals surface area contributed by atoms with Crippen LogP contribution in [0.5, 0.6) is 5.75 Å². The van der Waals surface area contributed by atoms with Gasteiger partial charge >= 0.3 is 0 Å². The number of benzene rings is 1. The van der Waals surface area contributed by atoms with Gasteiger partial charge in [0.15, 0.2) is 0 Å². The number of unbranched alkanes of at least 4 members (excludes halogenated alkanes) is 1. The molecule has 5 heteroatoms. The van der Waals surface area contributed by atoms with Crippen LogP contribution >= 0.6 is 0 Å². The van der Waals surface area contributed by atoms with Gasteiger partial charge in [0.1, 0.15) is 11.9 Å². The number of hydrogen-bond acceptors (Lipinski definition) is 4. The third-order valence-corrected chi connectivity index (χ3v) is 7.45. The number of para-hydroxylation sites is 1. The SMILES string of the molecule is CCCCC1CN(CCC(=O)NC[C@@H]2CCCN3CCCC[C@H]23)Cc2ccccc2O1. The summed E-state index contributed by atoms with van der Waals surface area (Å²) in [7, 11) is 0. The highest BCUT2D eigenvalue weighted by Crippen LogP contribution is 2.30. The fourth-order valence-corrected chi connectivity index (χ4v) is 5.72. The Balaban J connectivity index is 1.26. The summed E-state index contributed by atoms with van der Waals surface area (Å²) in [6.45, 7) is 8.16. The molecule has 3 aliphatic rings. The van der Waals surface area contributed by atoms with E-state index in [1.165, 1.54) is 63.6 Å². The second kappa shape index (κ2) is 11.3. The maximum Gasteiger partial charge on any atom is 0.221 e. The smallest absolute Gasteiger partial charge is 0.221 e. The molecule has 0 aliphatic carbocycles. The van der Waals surface area contributed by atoms with E-state index in [1.54, 1.807) is 0 Å². The first-order valence-corrected chi connectivity index (χ1v) is 12.7. The van der Waals surface area contributed by atoms with Crippen LogP contribution in [-0.4, -0.2) is 60.6 Å². The second-order valence-electron chi connectivity index (χ2n) is 9.78. The first-order chi connectivity index (χ1) is 15.2. The minimum absolute atomic E-state index is 0.205. The molecule has 3 heterocycles. The lowest BCUT2D eigenvalue weighted by molar-refractivity contribution is -0.122. The molecule has 1 aromatic rings. The van der Waals surface area contributed by atoms with Gasteiger partial charge < -0.3 is 15.0 Å². The molecule has 0 aromatic heterocycles. The summed E-state index contributed by atoms with van der Waals surface area (Å²) >= 11 is 0. The molecule has 172 valence electrons. The van der Waals surface area contributed by atoms with Crippen LogP contribution in [0.15, 0.2) is 24.3 Å². The number of amides is 1. The Morgan fingerprint density at radius 2 is 2.03 bits per heavy atom. The molecule has 3 atom stereocenters. The highest BCUT2D eigenvalue weighted by molar-refractivity contribution is 5.76. The standard InChI is InChI=1S/C26H41N3O2/c1-2-3-11-23-20-28(19-22-9-4-5-13-25(22)31-23)17-14-26(30)27-18-21-10-8-16-29-15-7-6-12-24(21)29/h4-5,9,13,21,23-24H,2-3,6-8,10-12,14-20H2,1H3,(H,27,30)/t21-,23?,24+/m0/s1. The van der Waals surface area contributed by atoms with E-state index < -0.39 is 0 Å². The van der Waals surface area contributed by atoms with E-state index in [-0.39, 0.29) is 12.0 Å². The summed E-state index contributed by atoms with van der Waals surface area (Å²) in [5, 5.41) is 3.28. The molecule has 1 amide bonds. The molecule has 0 spiro atoms. The lowest BCUT2D eigenvalue weighted by atomic mass is 9.83. The Bertz CT molecular complexity index is 708. The van der Waals surface area contributed by atoms with Crippen molar-refractivity contribution in [2.45, 2.75) is 83.4 Å². The van der Waals surface area contributed by atoms with Crippen LogP contribution in [0.1, 0.15) is 70.3 Å². The highest BCUT2D eigenvalue weighted by atomic mass is 16.5. The Labute approximate surface area is 188 Å². The zero-order valence-electron chi connectivity index (χ0n) is 19.4.